The SMILES string of the molecule is CCc1nc(C(=O)N2CCC(C(=O)OC)(c3ccccc3)CC2)nn1-c1c(Cl)cccc1Cl. The van der Waals surface area contributed by atoms with Gasteiger partial charge in [0.2, 0.25) is 5.82 Å². The molecule has 0 aliphatic carbocycles. The normalized spacial score (nSPS) is 15.3. The Bertz CT molecular complexity index is 1150. The smallest absolute Gasteiger partial charge is 0.316 e. The molecular formula is C24H24Cl2N4O3. The maximum Gasteiger partial charge on any atom is 0.316 e. The molecule has 4 rings (SSSR count). The van der Waals surface area contributed by atoms with Crippen molar-refractivity contribution in [2.75, 3.05) is 20.2 Å². The fourth-order valence-electron chi connectivity index (χ4n) is 4.33. The lowest BCUT2D eigenvalue weighted by molar-refractivity contribution is -0.149. The monoisotopic (exact) mass is 486 g/mol. The molecule has 7 nitrogen and oxygen atoms in total. The molecule has 3 aromatic rings. The number of methoxy groups -OCH3 is 1. The molecule has 9 heteroatoms. The molecule has 0 unspecified atom stereocenters. The molecule has 0 bridgehead atoms. The van der Waals surface area contributed by atoms with Crippen molar-refractivity contribution in [1.29, 1.82) is 0 Å². The number of nitrogens with zero attached hydrogens (tertiary/aromatic N) is 4. The van der Waals surface area contributed by atoms with Crippen molar-refractivity contribution in [2.45, 2.75) is 31.6 Å². The average molecular weight is 487 g/mol. The lowest BCUT2D eigenvalue weighted by Crippen LogP contribution is -2.49. The summed E-state index contributed by atoms with van der Waals surface area (Å²) in [6.45, 7) is 2.68. The van der Waals surface area contributed by atoms with Crippen molar-refractivity contribution in [2.24, 2.45) is 0 Å². The minimum atomic E-state index is -0.779. The predicted molar refractivity (Wildman–Crippen MR) is 126 cm³/mol. The van der Waals surface area contributed by atoms with Crippen molar-refractivity contribution in [3.05, 3.63) is 75.8 Å². The predicted octanol–water partition coefficient (Wildman–Crippen LogP) is 4.48. The van der Waals surface area contributed by atoms with Crippen LogP contribution in [0.15, 0.2) is 48.5 Å². The van der Waals surface area contributed by atoms with E-state index in [1.165, 1.54) is 11.8 Å². The minimum Gasteiger partial charge on any atom is -0.468 e. The third kappa shape index (κ3) is 4.23. The maximum absolute atomic E-state index is 13.3. The van der Waals surface area contributed by atoms with E-state index >= 15 is 0 Å². The van der Waals surface area contributed by atoms with Gasteiger partial charge in [0.1, 0.15) is 11.5 Å². The Balaban J connectivity index is 1.59. The number of aromatic nitrogens is 3. The van der Waals surface area contributed by atoms with Gasteiger partial charge in [0.15, 0.2) is 0 Å². The van der Waals surface area contributed by atoms with Crippen molar-refractivity contribution >= 4 is 35.1 Å². The summed E-state index contributed by atoms with van der Waals surface area (Å²) in [6, 6.07) is 14.7. The standard InChI is InChI=1S/C24H24Cl2N4O3/c1-3-19-27-21(28-30(19)20-17(25)10-7-11-18(20)26)22(31)29-14-12-24(13-15-29,23(32)33-2)16-8-5-4-6-9-16/h4-11H,3,12-15H2,1-2H3. The van der Waals surface area contributed by atoms with Gasteiger partial charge < -0.3 is 9.64 Å². The van der Waals surface area contributed by atoms with E-state index in [9.17, 15) is 9.59 Å². The topological polar surface area (TPSA) is 77.3 Å². The van der Waals surface area contributed by atoms with E-state index in [1.54, 1.807) is 23.1 Å². The molecule has 1 aromatic heterocycles. The van der Waals surface area contributed by atoms with E-state index in [2.05, 4.69) is 10.1 Å². The second-order valence-corrected chi connectivity index (χ2v) is 8.73. The van der Waals surface area contributed by atoms with Gasteiger partial charge in [-0.25, -0.2) is 9.67 Å². The number of hydrogen-bond acceptors (Lipinski definition) is 5. The second kappa shape index (κ2) is 9.53. The van der Waals surface area contributed by atoms with Crippen molar-refractivity contribution < 1.29 is 14.3 Å². The lowest BCUT2D eigenvalue weighted by atomic mass is 9.72. The molecule has 1 aliphatic heterocycles. The third-order valence-corrected chi connectivity index (χ3v) is 6.75. The number of carbonyl (C=O) groups is 2. The third-order valence-electron chi connectivity index (χ3n) is 6.14. The molecule has 1 aliphatic rings. The van der Waals surface area contributed by atoms with Gasteiger partial charge in [-0.3, -0.25) is 9.59 Å². The molecule has 0 atom stereocenters. The first-order valence-corrected chi connectivity index (χ1v) is 11.5. The van der Waals surface area contributed by atoms with Crippen LogP contribution >= 0.6 is 23.2 Å². The largest absolute Gasteiger partial charge is 0.468 e. The number of hydrogen-bond donors (Lipinski definition) is 0. The highest BCUT2D eigenvalue weighted by molar-refractivity contribution is 6.37. The molecule has 1 fully saturated rings. The van der Waals surface area contributed by atoms with Crippen LogP contribution < -0.4 is 0 Å². The van der Waals surface area contributed by atoms with Crippen molar-refractivity contribution in [3.8, 4) is 5.69 Å². The molecule has 0 spiro atoms. The van der Waals surface area contributed by atoms with Crippen LogP contribution in [0.5, 0.6) is 0 Å². The summed E-state index contributed by atoms with van der Waals surface area (Å²) in [7, 11) is 1.40. The number of amides is 1. The highest BCUT2D eigenvalue weighted by atomic mass is 35.5. The summed E-state index contributed by atoms with van der Waals surface area (Å²) >= 11 is 12.7. The van der Waals surface area contributed by atoms with E-state index in [4.69, 9.17) is 27.9 Å². The zero-order valence-corrected chi connectivity index (χ0v) is 19.9. The maximum atomic E-state index is 13.3. The van der Waals surface area contributed by atoms with Crippen molar-refractivity contribution in [1.82, 2.24) is 19.7 Å². The fraction of sp³-hybridized carbons (Fsp3) is 0.333. The summed E-state index contributed by atoms with van der Waals surface area (Å²) in [5.74, 6) is 0.0784. The molecule has 33 heavy (non-hydrogen) atoms. The Morgan fingerprint density at radius 1 is 1.03 bits per heavy atom. The van der Waals surface area contributed by atoms with Gasteiger partial charge >= 0.3 is 5.97 Å². The summed E-state index contributed by atoms with van der Waals surface area (Å²) < 4.78 is 6.67. The number of rotatable bonds is 5. The molecule has 1 saturated heterocycles. The second-order valence-electron chi connectivity index (χ2n) is 7.92. The molecule has 0 N–H and O–H groups in total. The van der Waals surface area contributed by atoms with Gasteiger partial charge in [-0.1, -0.05) is 66.5 Å². The molecule has 2 heterocycles. The van der Waals surface area contributed by atoms with E-state index in [0.717, 1.165) is 5.56 Å². The number of halogens is 2. The van der Waals surface area contributed by atoms with Crippen LogP contribution in [0.4, 0.5) is 0 Å². The van der Waals surface area contributed by atoms with Crippen LogP contribution in [0.2, 0.25) is 10.0 Å². The van der Waals surface area contributed by atoms with Gasteiger partial charge in [0.25, 0.3) is 5.91 Å². The highest BCUT2D eigenvalue weighted by Gasteiger charge is 2.45. The Morgan fingerprint density at radius 3 is 2.24 bits per heavy atom. The summed E-state index contributed by atoms with van der Waals surface area (Å²) in [5, 5.41) is 5.29. The number of piperidine rings is 1. The molecule has 1 amide bonds. The first kappa shape index (κ1) is 23.3. The number of likely N-dealkylation sites (tertiary alicyclic amines) is 1. The number of para-hydroxylation sites is 1. The van der Waals surface area contributed by atoms with Crippen molar-refractivity contribution in [3.63, 3.8) is 0 Å². The Hall–Kier alpha value is -2.90. The number of esters is 1. The summed E-state index contributed by atoms with van der Waals surface area (Å²) in [5.41, 5.74) is 0.615. The number of carbonyl (C=O) groups excluding carboxylic acids is 2. The van der Waals surface area contributed by atoms with Crippen LogP contribution in [-0.4, -0.2) is 51.7 Å². The summed E-state index contributed by atoms with van der Waals surface area (Å²) in [4.78, 5) is 32.2. The van der Waals surface area contributed by atoms with E-state index in [-0.39, 0.29) is 17.7 Å². The zero-order chi connectivity index (χ0) is 23.6. The van der Waals surface area contributed by atoms with Crippen LogP contribution in [0.3, 0.4) is 0 Å². The average Bonchev–Trinajstić information content (AvgIpc) is 3.27. The highest BCUT2D eigenvalue weighted by Crippen LogP contribution is 2.37. The first-order valence-electron chi connectivity index (χ1n) is 10.7. The lowest BCUT2D eigenvalue weighted by Gasteiger charge is -2.39. The molecule has 2 aromatic carbocycles. The van der Waals surface area contributed by atoms with Crippen LogP contribution in [0, 0.1) is 0 Å². The number of ether oxygens (including phenoxy) is 1. The Labute approximate surface area is 202 Å². The first-order chi connectivity index (χ1) is 15.9. The number of benzene rings is 2. The van der Waals surface area contributed by atoms with Crippen LogP contribution in [0.25, 0.3) is 5.69 Å². The van der Waals surface area contributed by atoms with Crippen LogP contribution in [-0.2, 0) is 21.4 Å². The van der Waals surface area contributed by atoms with Gasteiger partial charge in [0.05, 0.1) is 22.6 Å². The van der Waals surface area contributed by atoms with E-state index < -0.39 is 5.41 Å². The Kier molecular flexibility index (Phi) is 6.72. The molecule has 0 saturated carbocycles. The minimum absolute atomic E-state index is 0.0770. The summed E-state index contributed by atoms with van der Waals surface area (Å²) in [6.07, 6.45) is 1.45. The zero-order valence-electron chi connectivity index (χ0n) is 18.4. The Morgan fingerprint density at radius 2 is 1.67 bits per heavy atom. The van der Waals surface area contributed by atoms with Gasteiger partial charge in [-0.05, 0) is 30.5 Å². The van der Waals surface area contributed by atoms with Crippen LogP contribution in [0.1, 0.15) is 41.8 Å². The molecular weight excluding hydrogens is 463 g/mol. The fourth-order valence-corrected chi connectivity index (χ4v) is 4.89. The molecule has 172 valence electrons. The van der Waals surface area contributed by atoms with E-state index in [0.29, 0.717) is 53.9 Å². The quantitative estimate of drug-likeness (QED) is 0.496. The van der Waals surface area contributed by atoms with E-state index in [1.807, 2.05) is 37.3 Å². The van der Waals surface area contributed by atoms with Gasteiger partial charge in [0, 0.05) is 19.5 Å². The van der Waals surface area contributed by atoms with Gasteiger partial charge in [-0.2, -0.15) is 0 Å². The number of aryl methyl sites for hydroxylation is 1. The van der Waals surface area contributed by atoms with Gasteiger partial charge in [-0.15, -0.1) is 5.10 Å². The molecule has 0 radical (unpaired) electrons.